The van der Waals surface area contributed by atoms with E-state index in [4.69, 9.17) is 25.6 Å². The number of hydrogen-bond acceptors (Lipinski definition) is 6. The molecule has 32 heavy (non-hydrogen) atoms. The molecule has 0 bridgehead atoms. The van der Waals surface area contributed by atoms with Crippen molar-refractivity contribution in [3.05, 3.63) is 81.7 Å². The van der Waals surface area contributed by atoms with Gasteiger partial charge in [-0.3, -0.25) is 4.79 Å². The van der Waals surface area contributed by atoms with Gasteiger partial charge in [0.15, 0.2) is 5.69 Å². The fourth-order valence-electron chi connectivity index (χ4n) is 3.12. The van der Waals surface area contributed by atoms with Gasteiger partial charge in [0.05, 0.1) is 13.2 Å². The number of hydrogen-bond donors (Lipinski definition) is 1. The fraction of sp³-hybridized carbons (Fsp3) is 0.292. The Kier molecular flexibility index (Phi) is 8.27. The summed E-state index contributed by atoms with van der Waals surface area (Å²) in [5.74, 6) is 0.0264. The molecule has 2 aromatic carbocycles. The molecule has 0 atom stereocenters. The van der Waals surface area contributed by atoms with Gasteiger partial charge in [0.25, 0.3) is 5.91 Å². The molecule has 0 aliphatic heterocycles. The number of amides is 1. The number of nitrogens with one attached hydrogen (secondary N) is 1. The molecular weight excluding hydrogens is 432 g/mol. The molecule has 0 spiro atoms. The summed E-state index contributed by atoms with van der Waals surface area (Å²) in [6.07, 6.45) is 2.68. The second kappa shape index (κ2) is 11.3. The lowest BCUT2D eigenvalue weighted by Gasteiger charge is -2.11. The van der Waals surface area contributed by atoms with Gasteiger partial charge >= 0.3 is 5.97 Å². The zero-order valence-electron chi connectivity index (χ0n) is 18.0. The van der Waals surface area contributed by atoms with E-state index in [1.165, 1.54) is 6.26 Å². The minimum Gasteiger partial charge on any atom is -0.493 e. The molecule has 7 nitrogen and oxygen atoms in total. The molecule has 3 rings (SSSR count). The normalized spacial score (nSPS) is 10.6. The predicted octanol–water partition coefficient (Wildman–Crippen LogP) is 4.75. The largest absolute Gasteiger partial charge is 0.493 e. The van der Waals surface area contributed by atoms with Gasteiger partial charge in [-0.05, 0) is 62.1 Å². The molecule has 0 radical (unpaired) electrons. The average molecular weight is 457 g/mol. The number of ether oxygens (including phenoxy) is 2. The summed E-state index contributed by atoms with van der Waals surface area (Å²) in [4.78, 5) is 24.3. The molecule has 1 N–H and O–H groups in total. The van der Waals surface area contributed by atoms with Crippen molar-refractivity contribution in [1.29, 1.82) is 0 Å². The molecule has 3 aromatic rings. The van der Waals surface area contributed by atoms with Crippen molar-refractivity contribution in [3.8, 4) is 5.75 Å². The van der Waals surface area contributed by atoms with Gasteiger partial charge in [0.1, 0.15) is 12.0 Å². The summed E-state index contributed by atoms with van der Waals surface area (Å²) >= 11 is 6.13. The van der Waals surface area contributed by atoms with Crippen molar-refractivity contribution in [2.45, 2.75) is 33.2 Å². The van der Waals surface area contributed by atoms with E-state index in [2.05, 4.69) is 10.5 Å². The van der Waals surface area contributed by atoms with Crippen LogP contribution in [-0.2, 0) is 17.7 Å². The Hall–Kier alpha value is -3.32. The number of carbonyl (C=O) groups is 2. The van der Waals surface area contributed by atoms with Crippen molar-refractivity contribution in [3.63, 3.8) is 0 Å². The number of rotatable bonds is 10. The molecule has 0 saturated carbocycles. The predicted molar refractivity (Wildman–Crippen MR) is 120 cm³/mol. The topological polar surface area (TPSA) is 90.7 Å². The van der Waals surface area contributed by atoms with Crippen molar-refractivity contribution < 1.29 is 23.6 Å². The number of nitrogens with zero attached hydrogens (tertiary/aromatic N) is 1. The number of benzene rings is 2. The molecule has 0 aliphatic carbocycles. The first kappa shape index (κ1) is 23.3. The Balaban J connectivity index is 1.49. The lowest BCUT2D eigenvalue weighted by Crippen LogP contribution is -2.23. The second-order valence-electron chi connectivity index (χ2n) is 7.12. The van der Waals surface area contributed by atoms with Gasteiger partial charge in [-0.1, -0.05) is 35.0 Å². The first-order valence-electron chi connectivity index (χ1n) is 10.3. The average Bonchev–Trinajstić information content (AvgIpc) is 3.25. The number of esters is 1. The third-order valence-electron chi connectivity index (χ3n) is 4.79. The van der Waals surface area contributed by atoms with Gasteiger partial charge < -0.3 is 19.3 Å². The molecule has 168 valence electrons. The fourth-order valence-corrected chi connectivity index (χ4v) is 3.32. The highest BCUT2D eigenvalue weighted by atomic mass is 35.5. The maximum atomic E-state index is 12.5. The highest BCUT2D eigenvalue weighted by molar-refractivity contribution is 6.31. The van der Waals surface area contributed by atoms with Crippen LogP contribution in [0.4, 0.5) is 0 Å². The van der Waals surface area contributed by atoms with E-state index < -0.39 is 5.97 Å². The minimum absolute atomic E-state index is 0.182. The molecule has 1 heterocycles. The first-order chi connectivity index (χ1) is 15.5. The molecule has 8 heteroatoms. The summed E-state index contributed by atoms with van der Waals surface area (Å²) in [7, 11) is 0. The summed E-state index contributed by atoms with van der Waals surface area (Å²) in [5, 5.41) is 7.21. The van der Waals surface area contributed by atoms with E-state index in [1.807, 2.05) is 25.1 Å². The minimum atomic E-state index is -0.489. The summed E-state index contributed by atoms with van der Waals surface area (Å²) in [6.45, 7) is 4.70. The molecule has 1 aromatic heterocycles. The van der Waals surface area contributed by atoms with Crippen LogP contribution in [0.5, 0.6) is 5.75 Å². The smallest absolute Gasteiger partial charge is 0.360 e. The molecule has 0 unspecified atom stereocenters. The van der Waals surface area contributed by atoms with Crippen LogP contribution in [0.1, 0.15) is 50.9 Å². The standard InChI is InChI=1S/C24H25ClN2O5/c1-3-30-24(29)22-19(15-32-27-22)8-6-12-31-21-11-10-17(13-16(21)2)23(28)26-14-18-7-4-5-9-20(18)25/h4-5,7,9-11,13,15H,3,6,8,12,14H2,1-2H3,(H,26,28). The summed E-state index contributed by atoms with van der Waals surface area (Å²) in [5.41, 5.74) is 3.15. The van der Waals surface area contributed by atoms with Crippen molar-refractivity contribution >= 4 is 23.5 Å². The van der Waals surface area contributed by atoms with Crippen LogP contribution in [-0.4, -0.2) is 30.2 Å². The number of carbonyl (C=O) groups excluding carboxylic acids is 2. The van der Waals surface area contributed by atoms with Crippen molar-refractivity contribution in [1.82, 2.24) is 10.5 Å². The number of aromatic nitrogens is 1. The highest BCUT2D eigenvalue weighted by Gasteiger charge is 2.17. The summed E-state index contributed by atoms with van der Waals surface area (Å²) < 4.78 is 15.7. The van der Waals surface area contributed by atoms with Crippen LogP contribution >= 0.6 is 11.6 Å². The number of halogens is 1. The molecular formula is C24H25ClN2O5. The monoisotopic (exact) mass is 456 g/mol. The third-order valence-corrected chi connectivity index (χ3v) is 5.16. The van der Waals surface area contributed by atoms with E-state index in [0.717, 1.165) is 11.1 Å². The first-order valence-corrected chi connectivity index (χ1v) is 10.7. The Labute approximate surface area is 191 Å². The number of aryl methyl sites for hydroxylation is 2. The maximum Gasteiger partial charge on any atom is 0.360 e. The van der Waals surface area contributed by atoms with Gasteiger partial charge in [-0.25, -0.2) is 4.79 Å². The Morgan fingerprint density at radius 3 is 2.72 bits per heavy atom. The van der Waals surface area contributed by atoms with E-state index in [0.29, 0.717) is 47.9 Å². The molecule has 0 aliphatic rings. The van der Waals surface area contributed by atoms with Crippen LogP contribution in [0.15, 0.2) is 53.3 Å². The van der Waals surface area contributed by atoms with E-state index in [-0.39, 0.29) is 18.2 Å². The zero-order valence-corrected chi connectivity index (χ0v) is 18.8. The van der Waals surface area contributed by atoms with Crippen molar-refractivity contribution in [2.75, 3.05) is 13.2 Å². The van der Waals surface area contributed by atoms with Crippen LogP contribution in [0.2, 0.25) is 5.02 Å². The Morgan fingerprint density at radius 1 is 1.16 bits per heavy atom. The molecule has 0 saturated heterocycles. The van der Waals surface area contributed by atoms with Crippen molar-refractivity contribution in [2.24, 2.45) is 0 Å². The van der Waals surface area contributed by atoms with E-state index in [9.17, 15) is 9.59 Å². The van der Waals surface area contributed by atoms with Crippen LogP contribution in [0, 0.1) is 6.92 Å². The summed E-state index contributed by atoms with van der Waals surface area (Å²) in [6, 6.07) is 12.7. The van der Waals surface area contributed by atoms with Crippen LogP contribution < -0.4 is 10.1 Å². The molecule has 1 amide bonds. The van der Waals surface area contributed by atoms with Gasteiger partial charge in [-0.15, -0.1) is 0 Å². The van der Waals surface area contributed by atoms with E-state index in [1.54, 1.807) is 31.2 Å². The second-order valence-corrected chi connectivity index (χ2v) is 7.52. The van der Waals surface area contributed by atoms with Crippen LogP contribution in [0.25, 0.3) is 0 Å². The highest BCUT2D eigenvalue weighted by Crippen LogP contribution is 2.20. The van der Waals surface area contributed by atoms with Gasteiger partial charge in [0, 0.05) is 22.7 Å². The molecule has 0 fully saturated rings. The maximum absolute atomic E-state index is 12.5. The Morgan fingerprint density at radius 2 is 1.97 bits per heavy atom. The lowest BCUT2D eigenvalue weighted by molar-refractivity contribution is 0.0513. The van der Waals surface area contributed by atoms with E-state index >= 15 is 0 Å². The lowest BCUT2D eigenvalue weighted by atomic mass is 10.1. The van der Waals surface area contributed by atoms with Crippen LogP contribution in [0.3, 0.4) is 0 Å². The SMILES string of the molecule is CCOC(=O)c1nocc1CCCOc1ccc(C(=O)NCc2ccccc2Cl)cc1C. The Bertz CT molecular complexity index is 1080. The van der Waals surface area contributed by atoms with Gasteiger partial charge in [0.2, 0.25) is 0 Å². The third kappa shape index (κ3) is 6.11. The quantitative estimate of drug-likeness (QED) is 0.349. The zero-order chi connectivity index (χ0) is 22.9. The van der Waals surface area contributed by atoms with Gasteiger partial charge in [-0.2, -0.15) is 0 Å².